The topological polar surface area (TPSA) is 12.0 Å². The first-order valence-electron chi connectivity index (χ1n) is 6.99. The lowest BCUT2D eigenvalue weighted by molar-refractivity contribution is 0.160. The molecular weight excluding hydrogens is 182 g/mol. The van der Waals surface area contributed by atoms with Gasteiger partial charge in [0, 0.05) is 6.04 Å². The number of nitrogens with one attached hydrogen (secondary N) is 1. The molecule has 0 aromatic heterocycles. The van der Waals surface area contributed by atoms with Gasteiger partial charge in [0.05, 0.1) is 0 Å². The second-order valence-electron chi connectivity index (χ2n) is 6.08. The number of rotatable bonds is 4. The third kappa shape index (κ3) is 3.21. The molecule has 88 valence electrons. The van der Waals surface area contributed by atoms with Crippen molar-refractivity contribution in [3.8, 4) is 0 Å². The van der Waals surface area contributed by atoms with Crippen molar-refractivity contribution in [3.63, 3.8) is 0 Å². The highest BCUT2D eigenvalue weighted by Gasteiger charge is 2.31. The fourth-order valence-electron chi connectivity index (χ4n) is 3.10. The van der Waals surface area contributed by atoms with Gasteiger partial charge in [-0.2, -0.15) is 0 Å². The standard InChI is InChI=1S/C14H27N/c1-11(2)13-8-14(9-13)15-10-12-6-4-3-5-7-12/h11-15H,3-10H2,1-2H3. The molecule has 2 aliphatic rings. The first-order valence-corrected chi connectivity index (χ1v) is 6.99. The Morgan fingerprint density at radius 3 is 2.33 bits per heavy atom. The van der Waals surface area contributed by atoms with Gasteiger partial charge in [0.2, 0.25) is 0 Å². The highest BCUT2D eigenvalue weighted by molar-refractivity contribution is 4.87. The third-order valence-electron chi connectivity index (χ3n) is 4.54. The second-order valence-corrected chi connectivity index (χ2v) is 6.08. The predicted octanol–water partition coefficient (Wildman–Crippen LogP) is 3.59. The molecular formula is C14H27N. The monoisotopic (exact) mass is 209 g/mol. The molecule has 0 saturated heterocycles. The van der Waals surface area contributed by atoms with E-state index in [-0.39, 0.29) is 0 Å². The first-order chi connectivity index (χ1) is 7.25. The molecule has 0 aliphatic heterocycles. The SMILES string of the molecule is CC(C)C1CC(NCC2CCCCC2)C1. The van der Waals surface area contributed by atoms with E-state index in [2.05, 4.69) is 19.2 Å². The largest absolute Gasteiger partial charge is 0.314 e. The van der Waals surface area contributed by atoms with Crippen LogP contribution in [0.25, 0.3) is 0 Å². The Kier molecular flexibility index (Phi) is 4.07. The molecule has 0 bridgehead atoms. The summed E-state index contributed by atoms with van der Waals surface area (Å²) in [5.74, 6) is 2.91. The molecule has 2 aliphatic carbocycles. The molecule has 1 nitrogen and oxygen atoms in total. The van der Waals surface area contributed by atoms with Crippen molar-refractivity contribution in [2.24, 2.45) is 17.8 Å². The van der Waals surface area contributed by atoms with Gasteiger partial charge in [-0.25, -0.2) is 0 Å². The number of hydrogen-bond donors (Lipinski definition) is 1. The summed E-state index contributed by atoms with van der Waals surface area (Å²) in [6.07, 6.45) is 10.3. The van der Waals surface area contributed by atoms with E-state index in [1.54, 1.807) is 0 Å². The molecule has 0 amide bonds. The second kappa shape index (κ2) is 5.34. The Morgan fingerprint density at radius 1 is 1.07 bits per heavy atom. The lowest BCUT2D eigenvalue weighted by atomic mass is 9.73. The van der Waals surface area contributed by atoms with E-state index in [0.717, 1.165) is 23.8 Å². The van der Waals surface area contributed by atoms with E-state index < -0.39 is 0 Å². The summed E-state index contributed by atoms with van der Waals surface area (Å²) in [7, 11) is 0. The lowest BCUT2D eigenvalue weighted by Crippen LogP contribution is -2.44. The van der Waals surface area contributed by atoms with E-state index in [4.69, 9.17) is 0 Å². The fraction of sp³-hybridized carbons (Fsp3) is 1.00. The molecule has 0 aromatic rings. The molecule has 0 radical (unpaired) electrons. The summed E-state index contributed by atoms with van der Waals surface area (Å²) in [5, 5.41) is 3.77. The molecule has 0 aromatic carbocycles. The normalized spacial score (nSPS) is 33.0. The minimum atomic E-state index is 0.860. The van der Waals surface area contributed by atoms with Crippen LogP contribution in [-0.2, 0) is 0 Å². The van der Waals surface area contributed by atoms with Crippen LogP contribution >= 0.6 is 0 Å². The minimum absolute atomic E-state index is 0.860. The predicted molar refractivity (Wildman–Crippen MR) is 65.9 cm³/mol. The average Bonchev–Trinajstić information content (AvgIpc) is 2.16. The van der Waals surface area contributed by atoms with Gasteiger partial charge < -0.3 is 5.32 Å². The van der Waals surface area contributed by atoms with E-state index in [0.29, 0.717) is 0 Å². The van der Waals surface area contributed by atoms with E-state index >= 15 is 0 Å². The van der Waals surface area contributed by atoms with Crippen molar-refractivity contribution in [1.82, 2.24) is 5.32 Å². The van der Waals surface area contributed by atoms with Crippen LogP contribution in [0, 0.1) is 17.8 Å². The van der Waals surface area contributed by atoms with Crippen molar-refractivity contribution < 1.29 is 0 Å². The van der Waals surface area contributed by atoms with Crippen LogP contribution in [0.2, 0.25) is 0 Å². The summed E-state index contributed by atoms with van der Waals surface area (Å²) in [5.41, 5.74) is 0. The highest BCUT2D eigenvalue weighted by Crippen LogP contribution is 2.34. The van der Waals surface area contributed by atoms with Crippen LogP contribution in [-0.4, -0.2) is 12.6 Å². The quantitative estimate of drug-likeness (QED) is 0.746. The Hall–Kier alpha value is -0.0400. The molecule has 1 heteroatoms. The van der Waals surface area contributed by atoms with E-state index in [1.807, 2.05) is 0 Å². The summed E-state index contributed by atoms with van der Waals surface area (Å²) in [6.45, 7) is 6.03. The Morgan fingerprint density at radius 2 is 1.73 bits per heavy atom. The lowest BCUT2D eigenvalue weighted by Gasteiger charge is -2.39. The molecule has 1 N–H and O–H groups in total. The van der Waals surface area contributed by atoms with Crippen LogP contribution in [0.3, 0.4) is 0 Å². The maximum atomic E-state index is 3.77. The maximum Gasteiger partial charge on any atom is 0.00726 e. The molecule has 2 rings (SSSR count). The Balaban J connectivity index is 1.55. The maximum absolute atomic E-state index is 3.77. The molecule has 0 heterocycles. The average molecular weight is 209 g/mol. The molecule has 0 spiro atoms. The summed E-state index contributed by atoms with van der Waals surface area (Å²) in [6, 6.07) is 0.860. The zero-order valence-corrected chi connectivity index (χ0v) is 10.5. The van der Waals surface area contributed by atoms with Crippen molar-refractivity contribution in [2.75, 3.05) is 6.54 Å². The van der Waals surface area contributed by atoms with Gasteiger partial charge in [0.1, 0.15) is 0 Å². The van der Waals surface area contributed by atoms with Gasteiger partial charge in [0.15, 0.2) is 0 Å². The van der Waals surface area contributed by atoms with Crippen LogP contribution in [0.15, 0.2) is 0 Å². The summed E-state index contributed by atoms with van der Waals surface area (Å²) < 4.78 is 0. The van der Waals surface area contributed by atoms with Crippen LogP contribution in [0.5, 0.6) is 0 Å². The molecule has 0 unspecified atom stereocenters. The zero-order chi connectivity index (χ0) is 10.7. The van der Waals surface area contributed by atoms with Crippen LogP contribution in [0.1, 0.15) is 58.8 Å². The molecule has 2 saturated carbocycles. The fourth-order valence-corrected chi connectivity index (χ4v) is 3.10. The van der Waals surface area contributed by atoms with Crippen molar-refractivity contribution in [3.05, 3.63) is 0 Å². The highest BCUT2D eigenvalue weighted by atomic mass is 14.9. The van der Waals surface area contributed by atoms with Gasteiger partial charge in [-0.1, -0.05) is 33.1 Å². The zero-order valence-electron chi connectivity index (χ0n) is 10.5. The van der Waals surface area contributed by atoms with Gasteiger partial charge in [0.25, 0.3) is 0 Å². The van der Waals surface area contributed by atoms with Gasteiger partial charge in [-0.15, -0.1) is 0 Å². The number of hydrogen-bond acceptors (Lipinski definition) is 1. The molecule has 0 atom stereocenters. The minimum Gasteiger partial charge on any atom is -0.314 e. The van der Waals surface area contributed by atoms with Crippen LogP contribution < -0.4 is 5.32 Å². The van der Waals surface area contributed by atoms with Gasteiger partial charge in [-0.3, -0.25) is 0 Å². The Labute approximate surface area is 95.0 Å². The molecule has 15 heavy (non-hydrogen) atoms. The van der Waals surface area contributed by atoms with Crippen molar-refractivity contribution in [1.29, 1.82) is 0 Å². The first kappa shape index (κ1) is 11.4. The Bertz CT molecular complexity index is 176. The summed E-state index contributed by atoms with van der Waals surface area (Å²) >= 11 is 0. The van der Waals surface area contributed by atoms with E-state index in [1.165, 1.54) is 51.5 Å². The van der Waals surface area contributed by atoms with Crippen molar-refractivity contribution >= 4 is 0 Å². The summed E-state index contributed by atoms with van der Waals surface area (Å²) in [4.78, 5) is 0. The van der Waals surface area contributed by atoms with Crippen LogP contribution in [0.4, 0.5) is 0 Å². The molecule has 2 fully saturated rings. The van der Waals surface area contributed by atoms with Gasteiger partial charge >= 0.3 is 0 Å². The van der Waals surface area contributed by atoms with Gasteiger partial charge in [-0.05, 0) is 50.0 Å². The van der Waals surface area contributed by atoms with E-state index in [9.17, 15) is 0 Å². The third-order valence-corrected chi connectivity index (χ3v) is 4.54. The smallest absolute Gasteiger partial charge is 0.00726 e. The van der Waals surface area contributed by atoms with Crippen molar-refractivity contribution in [2.45, 2.75) is 64.8 Å².